The standard InChI is InChI=1S/C86H168O17P2/c1-7-9-11-13-14-15-16-17-18-19-20-21-25-31-36-41-46-51-57-63-69-84(89)97-75-82(103-86(91)71-65-59-52-47-42-37-32-26-23-22-24-29-34-39-44-49-55-60-66-78(3)4)77-101-105(94,95)99-73-80(87)72-98-104(92,93)100-76-81(74-96-83(88)68-62-54-12-10-8-2)102-85(90)70-64-58-53-48-43-38-33-28-27-30-35-40-45-50-56-61-67-79(5)6/h78-82,87H,7-77H2,1-6H3,(H,92,93)(H,94,95)/t80-,81+,82+/m0/s1. The zero-order valence-electron chi connectivity index (χ0n) is 69.0. The van der Waals surface area contributed by atoms with Gasteiger partial charge in [-0.25, -0.2) is 9.13 Å². The van der Waals surface area contributed by atoms with Crippen LogP contribution in [0.3, 0.4) is 0 Å². The van der Waals surface area contributed by atoms with E-state index >= 15 is 0 Å². The SMILES string of the molecule is CCCCCCCCCCCCCCCCCCCCCCC(=O)OC[C@H](COP(=O)(O)OC[C@@H](O)COP(=O)(O)OC[C@@H](COC(=O)CCCCCCC)OC(=O)CCCCCCCCCCCCCCCCCCC(C)C)OC(=O)CCCCCCCCCCCCCCCCCCCCC(C)C. The van der Waals surface area contributed by atoms with E-state index in [9.17, 15) is 43.2 Å². The fourth-order valence-electron chi connectivity index (χ4n) is 13.4. The number of rotatable bonds is 85. The molecule has 0 aliphatic heterocycles. The molecule has 624 valence electrons. The van der Waals surface area contributed by atoms with E-state index in [-0.39, 0.29) is 25.7 Å². The van der Waals surface area contributed by atoms with Gasteiger partial charge in [0.05, 0.1) is 26.4 Å². The number of ether oxygens (including phenoxy) is 4. The van der Waals surface area contributed by atoms with Crippen molar-refractivity contribution in [3.05, 3.63) is 0 Å². The van der Waals surface area contributed by atoms with Crippen LogP contribution in [-0.2, 0) is 65.4 Å². The van der Waals surface area contributed by atoms with Crippen molar-refractivity contribution < 1.29 is 80.2 Å². The summed E-state index contributed by atoms with van der Waals surface area (Å²) in [5.41, 5.74) is 0. The second-order valence-electron chi connectivity index (χ2n) is 31.9. The fraction of sp³-hybridized carbons (Fsp3) is 0.953. The molecule has 0 aliphatic carbocycles. The zero-order valence-corrected chi connectivity index (χ0v) is 70.8. The van der Waals surface area contributed by atoms with E-state index in [1.54, 1.807) is 0 Å². The number of carbonyl (C=O) groups is 4. The summed E-state index contributed by atoms with van der Waals surface area (Å²) in [6.45, 7) is 9.64. The largest absolute Gasteiger partial charge is 0.472 e. The van der Waals surface area contributed by atoms with Crippen molar-refractivity contribution in [3.8, 4) is 0 Å². The number of esters is 4. The van der Waals surface area contributed by atoms with Crippen molar-refractivity contribution in [2.45, 2.75) is 477 Å². The predicted molar refractivity (Wildman–Crippen MR) is 432 cm³/mol. The first kappa shape index (κ1) is 103. The van der Waals surface area contributed by atoms with Crippen molar-refractivity contribution in [3.63, 3.8) is 0 Å². The molecule has 5 atom stereocenters. The molecule has 0 spiro atoms. The summed E-state index contributed by atoms with van der Waals surface area (Å²) in [6.07, 6.45) is 70.0. The first-order valence-electron chi connectivity index (χ1n) is 44.5. The maximum absolute atomic E-state index is 13.1. The molecule has 0 radical (unpaired) electrons. The Balaban J connectivity index is 5.09. The van der Waals surface area contributed by atoms with Gasteiger partial charge in [0, 0.05) is 25.7 Å². The summed E-state index contributed by atoms with van der Waals surface area (Å²) in [4.78, 5) is 72.9. The highest BCUT2D eigenvalue weighted by molar-refractivity contribution is 7.47. The van der Waals surface area contributed by atoms with Crippen LogP contribution in [0, 0.1) is 11.8 Å². The number of carbonyl (C=O) groups excluding carboxylic acids is 4. The van der Waals surface area contributed by atoms with Gasteiger partial charge in [-0.05, 0) is 37.5 Å². The predicted octanol–water partition coefficient (Wildman–Crippen LogP) is 26.2. The van der Waals surface area contributed by atoms with E-state index < -0.39 is 97.5 Å². The topological polar surface area (TPSA) is 237 Å². The smallest absolute Gasteiger partial charge is 0.462 e. The average molecular weight is 1540 g/mol. The van der Waals surface area contributed by atoms with E-state index in [0.717, 1.165) is 108 Å². The molecule has 2 unspecified atom stereocenters. The lowest BCUT2D eigenvalue weighted by Crippen LogP contribution is -2.30. The second kappa shape index (κ2) is 77.4. The van der Waals surface area contributed by atoms with E-state index in [0.29, 0.717) is 25.7 Å². The van der Waals surface area contributed by atoms with Crippen LogP contribution in [0.1, 0.15) is 459 Å². The Morgan fingerprint density at radius 1 is 0.257 bits per heavy atom. The number of hydrogen-bond acceptors (Lipinski definition) is 15. The Bertz CT molecular complexity index is 2010. The molecule has 19 heteroatoms. The Kier molecular flexibility index (Phi) is 76.0. The molecule has 17 nitrogen and oxygen atoms in total. The number of aliphatic hydroxyl groups excluding tert-OH is 1. The van der Waals surface area contributed by atoms with Crippen molar-refractivity contribution in [2.24, 2.45) is 11.8 Å². The Morgan fingerprint density at radius 3 is 0.648 bits per heavy atom. The molecule has 0 aliphatic rings. The monoisotopic (exact) mass is 1540 g/mol. The third-order valence-electron chi connectivity index (χ3n) is 20.2. The van der Waals surface area contributed by atoms with Crippen LogP contribution in [0.4, 0.5) is 0 Å². The van der Waals surface area contributed by atoms with Gasteiger partial charge in [0.15, 0.2) is 12.2 Å². The minimum Gasteiger partial charge on any atom is -0.462 e. The van der Waals surface area contributed by atoms with Crippen LogP contribution in [0.2, 0.25) is 0 Å². The third-order valence-corrected chi connectivity index (χ3v) is 22.1. The number of phosphoric acid groups is 2. The zero-order chi connectivity index (χ0) is 77.1. The van der Waals surface area contributed by atoms with Crippen LogP contribution in [0.15, 0.2) is 0 Å². The van der Waals surface area contributed by atoms with Crippen molar-refractivity contribution in [1.82, 2.24) is 0 Å². The molecule has 0 heterocycles. The van der Waals surface area contributed by atoms with Crippen LogP contribution < -0.4 is 0 Å². The highest BCUT2D eigenvalue weighted by Crippen LogP contribution is 2.45. The van der Waals surface area contributed by atoms with Gasteiger partial charge in [-0.2, -0.15) is 0 Å². The molecule has 0 fully saturated rings. The van der Waals surface area contributed by atoms with E-state index in [4.69, 9.17) is 37.0 Å². The molecule has 0 aromatic heterocycles. The lowest BCUT2D eigenvalue weighted by atomic mass is 10.0. The summed E-state index contributed by atoms with van der Waals surface area (Å²) in [6, 6.07) is 0. The molecule has 0 bridgehead atoms. The van der Waals surface area contributed by atoms with Crippen LogP contribution >= 0.6 is 15.6 Å². The van der Waals surface area contributed by atoms with Crippen LogP contribution in [0.5, 0.6) is 0 Å². The number of phosphoric ester groups is 2. The number of unbranched alkanes of at least 4 members (excludes halogenated alkanes) is 55. The highest BCUT2D eigenvalue weighted by atomic mass is 31.2. The molecule has 0 amide bonds. The van der Waals surface area contributed by atoms with Crippen LogP contribution in [0.25, 0.3) is 0 Å². The first-order valence-corrected chi connectivity index (χ1v) is 47.5. The maximum atomic E-state index is 13.1. The van der Waals surface area contributed by atoms with Gasteiger partial charge in [-0.15, -0.1) is 0 Å². The van der Waals surface area contributed by atoms with Gasteiger partial charge >= 0.3 is 39.5 Å². The van der Waals surface area contributed by atoms with Crippen molar-refractivity contribution in [1.29, 1.82) is 0 Å². The second-order valence-corrected chi connectivity index (χ2v) is 34.8. The van der Waals surface area contributed by atoms with Crippen molar-refractivity contribution >= 4 is 39.5 Å². The van der Waals surface area contributed by atoms with Crippen LogP contribution in [-0.4, -0.2) is 96.7 Å². The molecule has 0 aromatic rings. The lowest BCUT2D eigenvalue weighted by molar-refractivity contribution is -0.161. The number of hydrogen-bond donors (Lipinski definition) is 3. The Hall–Kier alpha value is -1.94. The van der Waals surface area contributed by atoms with Crippen molar-refractivity contribution in [2.75, 3.05) is 39.6 Å². The Morgan fingerprint density at radius 2 is 0.438 bits per heavy atom. The molecule has 3 N–H and O–H groups in total. The molecular weight excluding hydrogens is 1370 g/mol. The minimum atomic E-state index is -4.96. The molecule has 0 saturated carbocycles. The van der Waals surface area contributed by atoms with Gasteiger partial charge in [0.25, 0.3) is 0 Å². The molecule has 0 rings (SSSR count). The van der Waals surface area contributed by atoms with Gasteiger partial charge in [0.2, 0.25) is 0 Å². The summed E-state index contributed by atoms with van der Waals surface area (Å²) >= 11 is 0. The summed E-state index contributed by atoms with van der Waals surface area (Å²) in [5, 5.41) is 10.6. The van der Waals surface area contributed by atoms with Gasteiger partial charge in [0.1, 0.15) is 19.3 Å². The molecule has 0 aromatic carbocycles. The summed E-state index contributed by atoms with van der Waals surface area (Å²) in [5.74, 6) is -0.485. The van der Waals surface area contributed by atoms with E-state index in [1.165, 1.54) is 270 Å². The average Bonchev–Trinajstić information content (AvgIpc) is 1.69. The minimum absolute atomic E-state index is 0.107. The normalized spacial score (nSPS) is 13.8. The maximum Gasteiger partial charge on any atom is 0.472 e. The van der Waals surface area contributed by atoms with Gasteiger partial charge in [-0.3, -0.25) is 37.3 Å². The Labute approximate surface area is 645 Å². The highest BCUT2D eigenvalue weighted by Gasteiger charge is 2.30. The van der Waals surface area contributed by atoms with E-state index in [1.807, 2.05) is 0 Å². The summed E-state index contributed by atoms with van der Waals surface area (Å²) < 4.78 is 68.6. The van der Waals surface area contributed by atoms with Gasteiger partial charge in [-0.1, -0.05) is 408 Å². The quantitative estimate of drug-likeness (QED) is 0.0222. The summed E-state index contributed by atoms with van der Waals surface area (Å²) in [7, 11) is -9.92. The molecule has 0 saturated heterocycles. The molecule has 105 heavy (non-hydrogen) atoms. The molecular formula is C86H168O17P2. The fourth-order valence-corrected chi connectivity index (χ4v) is 15.0. The lowest BCUT2D eigenvalue weighted by Gasteiger charge is -2.21. The first-order chi connectivity index (χ1) is 50.9. The number of aliphatic hydroxyl groups is 1. The van der Waals surface area contributed by atoms with Gasteiger partial charge < -0.3 is 33.8 Å². The van der Waals surface area contributed by atoms with E-state index in [2.05, 4.69) is 41.5 Å². The third kappa shape index (κ3) is 79.9.